The monoisotopic (exact) mass is 368 g/mol. The van der Waals surface area contributed by atoms with E-state index in [9.17, 15) is 0 Å². The van der Waals surface area contributed by atoms with E-state index in [-0.39, 0.29) is 24.0 Å². The maximum Gasteiger partial charge on any atom is 0.188 e. The number of aliphatic imine (C=N–C) groups is 1. The van der Waals surface area contributed by atoms with Crippen LogP contribution in [-0.2, 0) is 0 Å². The van der Waals surface area contributed by atoms with Crippen LogP contribution in [0.25, 0.3) is 0 Å². The Morgan fingerprint density at radius 3 is 2.61 bits per heavy atom. The van der Waals surface area contributed by atoms with E-state index in [1.807, 2.05) is 0 Å². The Balaban J connectivity index is 0.00000289. The topological polar surface area (TPSA) is 53.6 Å². The third kappa shape index (κ3) is 6.78. The highest BCUT2D eigenvalue weighted by molar-refractivity contribution is 14.0. The zero-order chi connectivity index (χ0) is 12.7. The van der Waals surface area contributed by atoms with Crippen LogP contribution in [0, 0.1) is 5.92 Å². The third-order valence-electron chi connectivity index (χ3n) is 3.52. The molecule has 1 fully saturated rings. The molecule has 0 radical (unpaired) electrons. The molecule has 1 aliphatic rings. The van der Waals surface area contributed by atoms with E-state index in [4.69, 9.17) is 5.73 Å². The lowest BCUT2D eigenvalue weighted by molar-refractivity contribution is 0.150. The fourth-order valence-corrected chi connectivity index (χ4v) is 2.12. The van der Waals surface area contributed by atoms with Crippen LogP contribution in [0.4, 0.5) is 0 Å². The van der Waals surface area contributed by atoms with Gasteiger partial charge in [0.1, 0.15) is 0 Å². The Hall–Kier alpha value is -0.0400. The molecule has 0 saturated carbocycles. The Morgan fingerprint density at radius 2 is 2.06 bits per heavy atom. The highest BCUT2D eigenvalue weighted by Gasteiger charge is 2.19. The minimum absolute atomic E-state index is 0. The standard InChI is InChI=1S/C13H28N4.HI/c1-4-7-15-13(14)16-10-12(3)17-8-5-11(2)6-9-17;/h11-12H,4-10H2,1-3H3,(H3,14,15,16);1H. The van der Waals surface area contributed by atoms with E-state index >= 15 is 0 Å². The quantitative estimate of drug-likeness (QED) is 0.444. The minimum Gasteiger partial charge on any atom is -0.370 e. The molecule has 1 saturated heterocycles. The van der Waals surface area contributed by atoms with Crippen molar-refractivity contribution < 1.29 is 0 Å². The van der Waals surface area contributed by atoms with Gasteiger partial charge >= 0.3 is 0 Å². The second-order valence-electron chi connectivity index (χ2n) is 5.22. The number of nitrogens with one attached hydrogen (secondary N) is 1. The predicted molar refractivity (Wildman–Crippen MR) is 89.6 cm³/mol. The molecule has 0 bridgehead atoms. The smallest absolute Gasteiger partial charge is 0.188 e. The second-order valence-corrected chi connectivity index (χ2v) is 5.22. The molecule has 1 atom stereocenters. The number of nitrogens with zero attached hydrogens (tertiary/aromatic N) is 2. The molecule has 1 aliphatic heterocycles. The number of hydrogen-bond acceptors (Lipinski definition) is 2. The molecular formula is C13H29IN4. The van der Waals surface area contributed by atoms with Crippen molar-refractivity contribution in [2.45, 2.75) is 46.1 Å². The first-order valence-corrected chi connectivity index (χ1v) is 6.91. The van der Waals surface area contributed by atoms with Crippen molar-refractivity contribution >= 4 is 29.9 Å². The molecule has 1 heterocycles. The van der Waals surface area contributed by atoms with Crippen molar-refractivity contribution in [2.24, 2.45) is 16.6 Å². The maximum absolute atomic E-state index is 5.78. The summed E-state index contributed by atoms with van der Waals surface area (Å²) in [5, 5.41) is 3.11. The highest BCUT2D eigenvalue weighted by atomic mass is 127. The van der Waals surface area contributed by atoms with Crippen molar-refractivity contribution in [1.82, 2.24) is 10.2 Å². The Kier molecular flexibility index (Phi) is 9.81. The van der Waals surface area contributed by atoms with Crippen molar-refractivity contribution in [1.29, 1.82) is 0 Å². The number of likely N-dealkylation sites (tertiary alicyclic amines) is 1. The third-order valence-corrected chi connectivity index (χ3v) is 3.52. The van der Waals surface area contributed by atoms with Gasteiger partial charge in [0, 0.05) is 12.6 Å². The summed E-state index contributed by atoms with van der Waals surface area (Å²) in [6.45, 7) is 10.8. The van der Waals surface area contributed by atoms with Crippen LogP contribution in [0.15, 0.2) is 4.99 Å². The molecule has 1 rings (SSSR count). The number of piperidine rings is 1. The first-order chi connectivity index (χ1) is 8.13. The van der Waals surface area contributed by atoms with Crippen LogP contribution in [0.3, 0.4) is 0 Å². The van der Waals surface area contributed by atoms with E-state index in [1.165, 1.54) is 25.9 Å². The Labute approximate surface area is 129 Å². The molecule has 5 heteroatoms. The van der Waals surface area contributed by atoms with Gasteiger partial charge in [-0.3, -0.25) is 9.89 Å². The van der Waals surface area contributed by atoms with Crippen LogP contribution in [-0.4, -0.2) is 43.1 Å². The number of rotatable bonds is 5. The van der Waals surface area contributed by atoms with Gasteiger partial charge in [0.05, 0.1) is 6.54 Å². The molecule has 0 aromatic rings. The van der Waals surface area contributed by atoms with Gasteiger partial charge in [0.15, 0.2) is 5.96 Å². The molecule has 4 nitrogen and oxygen atoms in total. The zero-order valence-electron chi connectivity index (χ0n) is 12.0. The molecule has 0 aromatic heterocycles. The molecule has 18 heavy (non-hydrogen) atoms. The summed E-state index contributed by atoms with van der Waals surface area (Å²) in [6, 6.07) is 0.504. The van der Waals surface area contributed by atoms with E-state index in [1.54, 1.807) is 0 Å². The van der Waals surface area contributed by atoms with E-state index in [0.717, 1.165) is 25.4 Å². The fraction of sp³-hybridized carbons (Fsp3) is 0.923. The summed E-state index contributed by atoms with van der Waals surface area (Å²) >= 11 is 0. The summed E-state index contributed by atoms with van der Waals surface area (Å²) in [6.07, 6.45) is 3.71. The van der Waals surface area contributed by atoms with Crippen LogP contribution < -0.4 is 11.1 Å². The summed E-state index contributed by atoms with van der Waals surface area (Å²) in [4.78, 5) is 6.92. The molecule has 0 aromatic carbocycles. The summed E-state index contributed by atoms with van der Waals surface area (Å²) in [7, 11) is 0. The lowest BCUT2D eigenvalue weighted by Crippen LogP contribution is -2.42. The number of halogens is 1. The van der Waals surface area contributed by atoms with Gasteiger partial charge in [0.25, 0.3) is 0 Å². The molecule has 0 amide bonds. The summed E-state index contributed by atoms with van der Waals surface area (Å²) < 4.78 is 0. The Bertz CT molecular complexity index is 237. The lowest BCUT2D eigenvalue weighted by atomic mass is 9.98. The summed E-state index contributed by atoms with van der Waals surface area (Å²) in [5.41, 5.74) is 5.78. The first-order valence-electron chi connectivity index (χ1n) is 6.91. The number of guanidine groups is 1. The molecule has 0 spiro atoms. The average molecular weight is 368 g/mol. The Morgan fingerprint density at radius 1 is 1.44 bits per heavy atom. The van der Waals surface area contributed by atoms with Gasteiger partial charge in [-0.25, -0.2) is 0 Å². The largest absolute Gasteiger partial charge is 0.370 e. The normalized spacial score (nSPS) is 20.3. The van der Waals surface area contributed by atoms with Crippen molar-refractivity contribution in [3.8, 4) is 0 Å². The fourth-order valence-electron chi connectivity index (χ4n) is 2.12. The van der Waals surface area contributed by atoms with Crippen LogP contribution in [0.1, 0.15) is 40.0 Å². The number of nitrogens with two attached hydrogens (primary N) is 1. The maximum atomic E-state index is 5.78. The predicted octanol–water partition coefficient (Wildman–Crippen LogP) is 2.04. The van der Waals surface area contributed by atoms with Crippen molar-refractivity contribution in [3.05, 3.63) is 0 Å². The summed E-state index contributed by atoms with van der Waals surface area (Å²) in [5.74, 6) is 1.47. The molecule has 0 aliphatic carbocycles. The van der Waals surface area contributed by atoms with E-state index in [0.29, 0.717) is 12.0 Å². The van der Waals surface area contributed by atoms with Crippen molar-refractivity contribution in [3.63, 3.8) is 0 Å². The lowest BCUT2D eigenvalue weighted by Gasteiger charge is -2.34. The SMILES string of the molecule is CCCNC(N)=NCC(C)N1CCC(C)CC1.I. The van der Waals surface area contributed by atoms with Gasteiger partial charge in [-0.05, 0) is 45.2 Å². The molecular weight excluding hydrogens is 339 g/mol. The van der Waals surface area contributed by atoms with Crippen LogP contribution in [0.2, 0.25) is 0 Å². The van der Waals surface area contributed by atoms with Crippen LogP contribution >= 0.6 is 24.0 Å². The molecule has 1 unspecified atom stereocenters. The van der Waals surface area contributed by atoms with Crippen molar-refractivity contribution in [2.75, 3.05) is 26.2 Å². The highest BCUT2D eigenvalue weighted by Crippen LogP contribution is 2.17. The number of hydrogen-bond donors (Lipinski definition) is 2. The van der Waals surface area contributed by atoms with Gasteiger partial charge in [0.2, 0.25) is 0 Å². The molecule has 108 valence electrons. The van der Waals surface area contributed by atoms with Crippen LogP contribution in [0.5, 0.6) is 0 Å². The van der Waals surface area contributed by atoms with Gasteiger partial charge in [-0.2, -0.15) is 0 Å². The van der Waals surface area contributed by atoms with Gasteiger partial charge in [-0.1, -0.05) is 13.8 Å². The minimum atomic E-state index is 0. The van der Waals surface area contributed by atoms with E-state index in [2.05, 4.69) is 36.0 Å². The van der Waals surface area contributed by atoms with Gasteiger partial charge < -0.3 is 11.1 Å². The molecule has 3 N–H and O–H groups in total. The van der Waals surface area contributed by atoms with E-state index < -0.39 is 0 Å². The zero-order valence-corrected chi connectivity index (χ0v) is 14.3. The second kappa shape index (κ2) is 9.83. The average Bonchev–Trinajstić information content (AvgIpc) is 2.34. The first kappa shape index (κ1) is 18.0. The van der Waals surface area contributed by atoms with Gasteiger partial charge in [-0.15, -0.1) is 24.0 Å².